The number of rotatable bonds is 5. The third-order valence-corrected chi connectivity index (χ3v) is 7.14. The number of fused-ring (bicyclic) bond motifs is 1. The minimum absolute atomic E-state index is 0.859. The fourth-order valence-corrected chi connectivity index (χ4v) is 5.15. The van der Waals surface area contributed by atoms with Crippen LogP contribution < -0.4 is 0 Å². The third-order valence-electron chi connectivity index (χ3n) is 7.14. The molecular formula is C37H25N3. The minimum Gasteiger partial charge on any atom is -0.256 e. The summed E-state index contributed by atoms with van der Waals surface area (Å²) in [4.78, 5) is 15.0. The first-order valence-electron chi connectivity index (χ1n) is 13.4. The number of pyridine rings is 1. The third kappa shape index (κ3) is 4.55. The molecule has 0 aliphatic heterocycles. The van der Waals surface area contributed by atoms with Crippen molar-refractivity contribution in [1.29, 1.82) is 0 Å². The first kappa shape index (κ1) is 23.7. The molecule has 0 unspecified atom stereocenters. The van der Waals surface area contributed by atoms with Crippen molar-refractivity contribution in [2.24, 2.45) is 0 Å². The van der Waals surface area contributed by atoms with Gasteiger partial charge in [0.2, 0.25) is 0 Å². The lowest BCUT2D eigenvalue weighted by molar-refractivity contribution is 1.29. The largest absolute Gasteiger partial charge is 0.256 e. The highest BCUT2D eigenvalue weighted by Crippen LogP contribution is 2.38. The summed E-state index contributed by atoms with van der Waals surface area (Å²) in [6.07, 6.45) is 1.82. The molecule has 0 amide bonds. The lowest BCUT2D eigenvalue weighted by Gasteiger charge is -2.15. The van der Waals surface area contributed by atoms with E-state index in [0.717, 1.165) is 67.1 Å². The summed E-state index contributed by atoms with van der Waals surface area (Å²) >= 11 is 0. The number of benzene rings is 5. The van der Waals surface area contributed by atoms with Gasteiger partial charge in [0.15, 0.2) is 0 Å². The highest BCUT2D eigenvalue weighted by Gasteiger charge is 2.17. The van der Waals surface area contributed by atoms with E-state index in [-0.39, 0.29) is 0 Å². The fraction of sp³-hybridized carbons (Fsp3) is 0. The molecule has 2 aromatic heterocycles. The van der Waals surface area contributed by atoms with Crippen LogP contribution in [-0.4, -0.2) is 15.0 Å². The summed E-state index contributed by atoms with van der Waals surface area (Å²) in [5.74, 6) is 0. The van der Waals surface area contributed by atoms with Gasteiger partial charge in [0.25, 0.3) is 0 Å². The Morgan fingerprint density at radius 2 is 0.775 bits per heavy atom. The van der Waals surface area contributed by atoms with Gasteiger partial charge in [-0.05, 0) is 46.5 Å². The number of aromatic nitrogens is 3. The smallest absolute Gasteiger partial charge is 0.0973 e. The Bertz CT molecular complexity index is 1900. The molecule has 3 heteroatoms. The van der Waals surface area contributed by atoms with Crippen molar-refractivity contribution in [2.45, 2.75) is 0 Å². The molecule has 0 radical (unpaired) electrons. The van der Waals surface area contributed by atoms with Crippen LogP contribution in [0.4, 0.5) is 0 Å². The van der Waals surface area contributed by atoms with Gasteiger partial charge in [0.1, 0.15) is 0 Å². The molecule has 7 rings (SSSR count). The van der Waals surface area contributed by atoms with E-state index in [4.69, 9.17) is 9.97 Å². The second kappa shape index (κ2) is 10.4. The second-order valence-electron chi connectivity index (χ2n) is 9.70. The molecule has 2 heterocycles. The van der Waals surface area contributed by atoms with Crippen molar-refractivity contribution in [1.82, 2.24) is 15.0 Å². The summed E-state index contributed by atoms with van der Waals surface area (Å²) in [7, 11) is 0. The van der Waals surface area contributed by atoms with Gasteiger partial charge in [-0.15, -0.1) is 0 Å². The molecule has 0 N–H and O–H groups in total. The van der Waals surface area contributed by atoms with Gasteiger partial charge in [-0.2, -0.15) is 0 Å². The lowest BCUT2D eigenvalue weighted by Crippen LogP contribution is -1.97. The van der Waals surface area contributed by atoms with Crippen LogP contribution in [0.15, 0.2) is 152 Å². The van der Waals surface area contributed by atoms with Crippen LogP contribution in [0.25, 0.3) is 67.1 Å². The van der Waals surface area contributed by atoms with E-state index in [2.05, 4.69) is 102 Å². The van der Waals surface area contributed by atoms with E-state index in [1.807, 2.05) is 54.7 Å². The van der Waals surface area contributed by atoms with E-state index in [1.165, 1.54) is 0 Å². The molecule has 0 aliphatic rings. The maximum absolute atomic E-state index is 5.27. The second-order valence-corrected chi connectivity index (χ2v) is 9.70. The molecule has 0 bridgehead atoms. The van der Waals surface area contributed by atoms with Crippen LogP contribution in [0, 0.1) is 0 Å². The average molecular weight is 512 g/mol. The van der Waals surface area contributed by atoms with Gasteiger partial charge in [-0.25, -0.2) is 9.97 Å². The van der Waals surface area contributed by atoms with Crippen LogP contribution in [0.3, 0.4) is 0 Å². The average Bonchev–Trinajstić information content (AvgIpc) is 3.05. The molecule has 0 saturated heterocycles. The van der Waals surface area contributed by atoms with Crippen molar-refractivity contribution in [3.8, 4) is 56.0 Å². The van der Waals surface area contributed by atoms with Gasteiger partial charge in [0, 0.05) is 22.9 Å². The predicted molar refractivity (Wildman–Crippen MR) is 165 cm³/mol. The normalized spacial score (nSPS) is 11.0. The van der Waals surface area contributed by atoms with Crippen LogP contribution in [0.1, 0.15) is 0 Å². The SMILES string of the molecule is c1ccc(-c2cc3nc(-c4ccccc4)c(-c4ccc(-c5ccccn5)cc4)nc3cc2-c2ccccc2)cc1. The monoisotopic (exact) mass is 511 g/mol. The Balaban J connectivity index is 1.45. The molecule has 0 aliphatic carbocycles. The molecule has 0 atom stereocenters. The standard InChI is InChI=1S/C37H25N3/c1-4-12-26(13-5-1)31-24-34-35(25-32(31)27-14-6-2-7-15-27)40-37(36(39-34)29-16-8-3-9-17-29)30-21-19-28(20-22-30)33-18-10-11-23-38-33/h1-25H. The maximum Gasteiger partial charge on any atom is 0.0973 e. The zero-order chi connectivity index (χ0) is 26.7. The Labute approximate surface area is 233 Å². The minimum atomic E-state index is 0.859. The van der Waals surface area contributed by atoms with E-state index >= 15 is 0 Å². The van der Waals surface area contributed by atoms with Crippen LogP contribution in [0.2, 0.25) is 0 Å². The summed E-state index contributed by atoms with van der Waals surface area (Å²) in [6, 6.07) is 50.1. The van der Waals surface area contributed by atoms with Crippen LogP contribution in [-0.2, 0) is 0 Å². The van der Waals surface area contributed by atoms with Crippen molar-refractivity contribution in [3.63, 3.8) is 0 Å². The summed E-state index contributed by atoms with van der Waals surface area (Å²) in [6.45, 7) is 0. The molecule has 188 valence electrons. The highest BCUT2D eigenvalue weighted by molar-refractivity contribution is 5.95. The quantitative estimate of drug-likeness (QED) is 0.231. The number of hydrogen-bond acceptors (Lipinski definition) is 3. The topological polar surface area (TPSA) is 38.7 Å². The lowest BCUT2D eigenvalue weighted by atomic mass is 9.93. The molecule has 0 spiro atoms. The van der Waals surface area contributed by atoms with Gasteiger partial charge in [0.05, 0.1) is 28.1 Å². The molecule has 0 saturated carbocycles. The summed E-state index contributed by atoms with van der Waals surface area (Å²) in [5, 5.41) is 0. The van der Waals surface area contributed by atoms with Crippen molar-refractivity contribution in [2.75, 3.05) is 0 Å². The van der Waals surface area contributed by atoms with Crippen molar-refractivity contribution < 1.29 is 0 Å². The first-order chi connectivity index (χ1) is 19.8. The van der Waals surface area contributed by atoms with Crippen LogP contribution >= 0.6 is 0 Å². The Morgan fingerprint density at radius 3 is 1.25 bits per heavy atom. The van der Waals surface area contributed by atoms with Crippen molar-refractivity contribution >= 4 is 11.0 Å². The van der Waals surface area contributed by atoms with E-state index in [1.54, 1.807) is 0 Å². The first-order valence-corrected chi connectivity index (χ1v) is 13.4. The summed E-state index contributed by atoms with van der Waals surface area (Å²) < 4.78 is 0. The Morgan fingerprint density at radius 1 is 0.350 bits per heavy atom. The molecule has 0 fully saturated rings. The zero-order valence-corrected chi connectivity index (χ0v) is 21.8. The van der Waals surface area contributed by atoms with Crippen molar-refractivity contribution in [3.05, 3.63) is 152 Å². The molecule has 40 heavy (non-hydrogen) atoms. The van der Waals surface area contributed by atoms with Crippen LogP contribution in [0.5, 0.6) is 0 Å². The van der Waals surface area contributed by atoms with Gasteiger partial charge >= 0.3 is 0 Å². The molecule has 7 aromatic rings. The maximum atomic E-state index is 5.27. The summed E-state index contributed by atoms with van der Waals surface area (Å²) in [5.41, 5.74) is 12.1. The predicted octanol–water partition coefficient (Wildman–Crippen LogP) is 9.36. The zero-order valence-electron chi connectivity index (χ0n) is 21.8. The van der Waals surface area contributed by atoms with E-state index < -0.39 is 0 Å². The number of hydrogen-bond donors (Lipinski definition) is 0. The number of nitrogens with zero attached hydrogens (tertiary/aromatic N) is 3. The molecule has 5 aromatic carbocycles. The van der Waals surface area contributed by atoms with E-state index in [0.29, 0.717) is 0 Å². The molecule has 3 nitrogen and oxygen atoms in total. The van der Waals surface area contributed by atoms with E-state index in [9.17, 15) is 0 Å². The van der Waals surface area contributed by atoms with Gasteiger partial charge in [-0.1, -0.05) is 121 Å². The Hall–Kier alpha value is -5.41. The van der Waals surface area contributed by atoms with Gasteiger partial charge in [-0.3, -0.25) is 4.98 Å². The fourth-order valence-electron chi connectivity index (χ4n) is 5.15. The molecular weight excluding hydrogens is 486 g/mol. The Kier molecular flexibility index (Phi) is 6.15. The van der Waals surface area contributed by atoms with Gasteiger partial charge < -0.3 is 0 Å². The highest BCUT2D eigenvalue weighted by atomic mass is 14.8.